The zero-order chi connectivity index (χ0) is 11.6. The molecule has 0 amide bonds. The summed E-state index contributed by atoms with van der Waals surface area (Å²) in [5.41, 5.74) is 0. The third kappa shape index (κ3) is 7.96. The number of rotatable bonds is 10. The highest BCUT2D eigenvalue weighted by atomic mass is 28.4. The van der Waals surface area contributed by atoms with Crippen molar-refractivity contribution in [3.63, 3.8) is 0 Å². The van der Waals surface area contributed by atoms with E-state index in [1.807, 2.05) is 13.8 Å². The Balaban J connectivity index is 3.65. The number of unbranched alkanes of at least 4 members (excludes halogenated alkanes) is 1. The van der Waals surface area contributed by atoms with Crippen molar-refractivity contribution in [1.82, 2.24) is 5.32 Å². The fourth-order valence-electron chi connectivity index (χ4n) is 1.67. The predicted octanol–water partition coefficient (Wildman–Crippen LogP) is 2.52. The predicted molar refractivity (Wildman–Crippen MR) is 67.5 cm³/mol. The minimum atomic E-state index is -1.84. The van der Waals surface area contributed by atoms with E-state index in [2.05, 4.69) is 18.8 Å². The van der Waals surface area contributed by atoms with Crippen molar-refractivity contribution in [3.8, 4) is 0 Å². The molecule has 0 fully saturated rings. The maximum absolute atomic E-state index is 5.77. The van der Waals surface area contributed by atoms with E-state index in [1.54, 1.807) is 0 Å². The Morgan fingerprint density at radius 1 is 1.00 bits per heavy atom. The summed E-state index contributed by atoms with van der Waals surface area (Å²) >= 11 is 0. The van der Waals surface area contributed by atoms with Crippen LogP contribution in [0.15, 0.2) is 0 Å². The van der Waals surface area contributed by atoms with Gasteiger partial charge < -0.3 is 14.2 Å². The Bertz CT molecular complexity index is 139. The van der Waals surface area contributed by atoms with E-state index >= 15 is 0 Å². The van der Waals surface area contributed by atoms with Crippen LogP contribution in [0.2, 0.25) is 12.6 Å². The molecule has 0 saturated carbocycles. The van der Waals surface area contributed by atoms with Crippen LogP contribution in [0.5, 0.6) is 0 Å². The fourth-order valence-corrected chi connectivity index (χ4v) is 4.16. The van der Waals surface area contributed by atoms with Crippen LogP contribution in [0.3, 0.4) is 0 Å². The molecule has 3 nitrogen and oxygen atoms in total. The summed E-state index contributed by atoms with van der Waals surface area (Å²) in [5, 5.41) is 3.33. The smallest absolute Gasteiger partial charge is 0.334 e. The van der Waals surface area contributed by atoms with E-state index in [0.29, 0.717) is 0 Å². The van der Waals surface area contributed by atoms with Crippen LogP contribution in [-0.2, 0) is 8.85 Å². The first-order valence-electron chi connectivity index (χ1n) is 6.17. The van der Waals surface area contributed by atoms with Crippen LogP contribution in [-0.4, -0.2) is 34.9 Å². The molecular weight excluding hydrogens is 206 g/mol. The number of nitrogens with one attached hydrogen (secondary N) is 1. The van der Waals surface area contributed by atoms with E-state index in [-0.39, 0.29) is 0 Å². The van der Waals surface area contributed by atoms with Gasteiger partial charge in [-0.25, -0.2) is 0 Å². The Morgan fingerprint density at radius 3 is 2.07 bits per heavy atom. The molecule has 0 aliphatic rings. The normalized spacial score (nSPS) is 12.0. The highest BCUT2D eigenvalue weighted by molar-refractivity contribution is 6.66. The highest BCUT2D eigenvalue weighted by Gasteiger charge is 2.29. The van der Waals surface area contributed by atoms with Crippen molar-refractivity contribution in [2.45, 2.75) is 46.2 Å². The monoisotopic (exact) mass is 233 g/mol. The molecule has 0 saturated heterocycles. The molecule has 0 radical (unpaired) electrons. The molecule has 4 heteroatoms. The van der Waals surface area contributed by atoms with Gasteiger partial charge in [0.2, 0.25) is 0 Å². The molecule has 0 bridgehead atoms. The summed E-state index contributed by atoms with van der Waals surface area (Å²) in [4.78, 5) is 0. The minimum absolute atomic E-state index is 0.774. The zero-order valence-corrected chi connectivity index (χ0v) is 11.8. The lowest BCUT2D eigenvalue weighted by Crippen LogP contribution is -2.38. The summed E-state index contributed by atoms with van der Waals surface area (Å²) < 4.78 is 11.5. The second kappa shape index (κ2) is 9.33. The van der Waals surface area contributed by atoms with Gasteiger partial charge >= 0.3 is 8.56 Å². The molecular formula is C11H27NO2Si. The molecule has 0 atom stereocenters. The molecule has 0 aliphatic carbocycles. The SMILES string of the molecule is CCNCCCC[Si](C)(OCC)OCC. The van der Waals surface area contributed by atoms with Gasteiger partial charge in [-0.05, 0) is 45.9 Å². The summed E-state index contributed by atoms with van der Waals surface area (Å²) in [6.07, 6.45) is 2.42. The van der Waals surface area contributed by atoms with Crippen LogP contribution in [0.4, 0.5) is 0 Å². The van der Waals surface area contributed by atoms with Gasteiger partial charge in [-0.15, -0.1) is 0 Å². The highest BCUT2D eigenvalue weighted by Crippen LogP contribution is 2.16. The lowest BCUT2D eigenvalue weighted by Gasteiger charge is -2.25. The molecule has 1 N–H and O–H groups in total. The molecule has 0 rings (SSSR count). The lowest BCUT2D eigenvalue weighted by atomic mass is 10.3. The van der Waals surface area contributed by atoms with Crippen LogP contribution in [0, 0.1) is 0 Å². The molecule has 0 aliphatic heterocycles. The molecule has 92 valence electrons. The first-order valence-corrected chi connectivity index (χ1v) is 8.69. The molecule has 0 unspecified atom stereocenters. The van der Waals surface area contributed by atoms with Crippen molar-refractivity contribution in [3.05, 3.63) is 0 Å². The van der Waals surface area contributed by atoms with Gasteiger partial charge in [0.05, 0.1) is 0 Å². The first kappa shape index (κ1) is 15.1. The standard InChI is InChI=1S/C11H27NO2Si/c1-5-12-10-8-9-11-15(4,13-6-2)14-7-3/h12H,5-11H2,1-4H3. The minimum Gasteiger partial charge on any atom is -0.395 e. The van der Waals surface area contributed by atoms with Crippen LogP contribution >= 0.6 is 0 Å². The third-order valence-electron chi connectivity index (χ3n) is 2.38. The largest absolute Gasteiger partial charge is 0.395 e. The Hall–Kier alpha value is 0.0969. The molecule has 0 aromatic rings. The van der Waals surface area contributed by atoms with Crippen LogP contribution in [0.1, 0.15) is 33.6 Å². The lowest BCUT2D eigenvalue weighted by molar-refractivity contribution is 0.188. The van der Waals surface area contributed by atoms with Gasteiger partial charge in [0.1, 0.15) is 0 Å². The van der Waals surface area contributed by atoms with Crippen molar-refractivity contribution in [2.75, 3.05) is 26.3 Å². The summed E-state index contributed by atoms with van der Waals surface area (Å²) in [5.74, 6) is 0. The van der Waals surface area contributed by atoms with E-state index in [4.69, 9.17) is 8.85 Å². The molecule has 0 spiro atoms. The Kier molecular flexibility index (Phi) is 9.39. The summed E-state index contributed by atoms with van der Waals surface area (Å²) in [7, 11) is -1.84. The van der Waals surface area contributed by atoms with Gasteiger partial charge in [-0.2, -0.15) is 0 Å². The quantitative estimate of drug-likeness (QED) is 0.464. The van der Waals surface area contributed by atoms with E-state index in [1.165, 1.54) is 12.8 Å². The average Bonchev–Trinajstić information content (AvgIpc) is 2.18. The molecule has 15 heavy (non-hydrogen) atoms. The second-order valence-electron chi connectivity index (χ2n) is 3.81. The van der Waals surface area contributed by atoms with Gasteiger partial charge in [0, 0.05) is 13.2 Å². The van der Waals surface area contributed by atoms with Gasteiger partial charge in [0.25, 0.3) is 0 Å². The fraction of sp³-hybridized carbons (Fsp3) is 1.00. The van der Waals surface area contributed by atoms with Crippen molar-refractivity contribution < 1.29 is 8.85 Å². The number of hydrogen-bond donors (Lipinski definition) is 1. The Morgan fingerprint density at radius 2 is 1.60 bits per heavy atom. The van der Waals surface area contributed by atoms with E-state index < -0.39 is 8.56 Å². The van der Waals surface area contributed by atoms with Crippen molar-refractivity contribution >= 4 is 8.56 Å². The number of hydrogen-bond acceptors (Lipinski definition) is 3. The topological polar surface area (TPSA) is 30.5 Å². The first-order chi connectivity index (χ1) is 7.18. The third-order valence-corrected chi connectivity index (χ3v) is 5.44. The molecule has 0 aromatic carbocycles. The molecule has 0 heterocycles. The Labute approximate surface area is 95.8 Å². The van der Waals surface area contributed by atoms with E-state index in [0.717, 1.165) is 32.3 Å². The maximum Gasteiger partial charge on any atom is 0.334 e. The molecule has 0 aromatic heterocycles. The second-order valence-corrected chi connectivity index (χ2v) is 7.16. The van der Waals surface area contributed by atoms with Crippen molar-refractivity contribution in [1.29, 1.82) is 0 Å². The van der Waals surface area contributed by atoms with E-state index in [9.17, 15) is 0 Å². The van der Waals surface area contributed by atoms with Crippen molar-refractivity contribution in [2.24, 2.45) is 0 Å². The average molecular weight is 233 g/mol. The summed E-state index contributed by atoms with van der Waals surface area (Å²) in [6, 6.07) is 1.11. The van der Waals surface area contributed by atoms with Gasteiger partial charge in [-0.1, -0.05) is 13.3 Å². The zero-order valence-electron chi connectivity index (χ0n) is 10.8. The van der Waals surface area contributed by atoms with Crippen LogP contribution in [0.25, 0.3) is 0 Å². The van der Waals surface area contributed by atoms with Crippen LogP contribution < -0.4 is 5.32 Å². The summed E-state index contributed by atoms with van der Waals surface area (Å²) in [6.45, 7) is 12.1. The maximum atomic E-state index is 5.77. The van der Waals surface area contributed by atoms with Gasteiger partial charge in [0.15, 0.2) is 0 Å². The van der Waals surface area contributed by atoms with Gasteiger partial charge in [-0.3, -0.25) is 0 Å².